The molecule has 1 unspecified atom stereocenters. The minimum atomic E-state index is -0.118. The third-order valence-corrected chi connectivity index (χ3v) is 6.65. The lowest BCUT2D eigenvalue weighted by molar-refractivity contribution is 0.0827. The van der Waals surface area contributed by atoms with Gasteiger partial charge in [0.25, 0.3) is 5.91 Å². The van der Waals surface area contributed by atoms with Crippen molar-refractivity contribution in [2.75, 3.05) is 31.1 Å². The van der Waals surface area contributed by atoms with Crippen LogP contribution >= 0.6 is 0 Å². The quantitative estimate of drug-likeness (QED) is 0.861. The van der Waals surface area contributed by atoms with Crippen molar-refractivity contribution in [1.29, 1.82) is 0 Å². The van der Waals surface area contributed by atoms with Gasteiger partial charge in [-0.15, -0.1) is 0 Å². The van der Waals surface area contributed by atoms with Crippen LogP contribution in [0.25, 0.3) is 0 Å². The smallest absolute Gasteiger partial charge is 0.289 e. The molecule has 0 bridgehead atoms. The molecule has 2 saturated heterocycles. The van der Waals surface area contributed by atoms with E-state index in [9.17, 15) is 4.79 Å². The van der Waals surface area contributed by atoms with Gasteiger partial charge in [0.15, 0.2) is 0 Å². The fourth-order valence-corrected chi connectivity index (χ4v) is 5.09. The highest BCUT2D eigenvalue weighted by atomic mass is 16.2. The van der Waals surface area contributed by atoms with Crippen molar-refractivity contribution in [3.05, 3.63) is 18.1 Å². The first-order chi connectivity index (χ1) is 13.8. The summed E-state index contributed by atoms with van der Waals surface area (Å²) in [5.41, 5.74) is 0. The molecule has 1 saturated carbocycles. The summed E-state index contributed by atoms with van der Waals surface area (Å²) in [7, 11) is 0. The van der Waals surface area contributed by atoms with Crippen LogP contribution in [0.3, 0.4) is 0 Å². The number of aromatic nitrogens is 2. The van der Waals surface area contributed by atoms with Crippen LogP contribution in [-0.4, -0.2) is 59.0 Å². The van der Waals surface area contributed by atoms with Crippen molar-refractivity contribution >= 4 is 11.7 Å². The molecular formula is C22H35N5O. The van der Waals surface area contributed by atoms with Gasteiger partial charge in [-0.2, -0.15) is 0 Å². The van der Waals surface area contributed by atoms with E-state index in [2.05, 4.69) is 25.1 Å². The van der Waals surface area contributed by atoms with Gasteiger partial charge in [0, 0.05) is 37.9 Å². The zero-order valence-electron chi connectivity index (χ0n) is 17.1. The van der Waals surface area contributed by atoms with Gasteiger partial charge in [0.1, 0.15) is 5.82 Å². The Bertz CT molecular complexity index is 638. The minimum absolute atomic E-state index is 0.118. The normalized spacial score (nSPS) is 25.3. The average molecular weight is 386 g/mol. The van der Waals surface area contributed by atoms with E-state index in [0.29, 0.717) is 5.82 Å². The summed E-state index contributed by atoms with van der Waals surface area (Å²) < 4.78 is 0. The summed E-state index contributed by atoms with van der Waals surface area (Å²) in [6.07, 6.45) is 15.7. The molecule has 1 aromatic heterocycles. The lowest BCUT2D eigenvalue weighted by atomic mass is 9.92. The van der Waals surface area contributed by atoms with Gasteiger partial charge in [-0.25, -0.2) is 9.97 Å². The van der Waals surface area contributed by atoms with Gasteiger partial charge in [-0.1, -0.05) is 32.1 Å². The second kappa shape index (κ2) is 9.68. The van der Waals surface area contributed by atoms with Gasteiger partial charge in [0.2, 0.25) is 5.82 Å². The van der Waals surface area contributed by atoms with Crippen molar-refractivity contribution in [3.8, 4) is 0 Å². The predicted molar refractivity (Wildman–Crippen MR) is 112 cm³/mol. The highest BCUT2D eigenvalue weighted by Gasteiger charge is 2.28. The molecule has 2 aliphatic heterocycles. The van der Waals surface area contributed by atoms with Crippen LogP contribution in [0.2, 0.25) is 0 Å². The topological polar surface area (TPSA) is 61.4 Å². The molecule has 1 amide bonds. The maximum atomic E-state index is 12.8. The van der Waals surface area contributed by atoms with E-state index >= 15 is 0 Å². The molecule has 0 radical (unpaired) electrons. The number of nitrogens with one attached hydrogen (secondary N) is 1. The molecule has 3 fully saturated rings. The van der Waals surface area contributed by atoms with Crippen molar-refractivity contribution in [2.45, 2.75) is 82.7 Å². The Balaban J connectivity index is 1.35. The third kappa shape index (κ3) is 5.02. The molecule has 6 heteroatoms. The average Bonchev–Trinajstić information content (AvgIpc) is 3.04. The van der Waals surface area contributed by atoms with Crippen LogP contribution in [0.5, 0.6) is 0 Å². The van der Waals surface area contributed by atoms with Crippen molar-refractivity contribution in [1.82, 2.24) is 20.2 Å². The number of piperidine rings is 1. The lowest BCUT2D eigenvalue weighted by Gasteiger charge is -2.40. The minimum Gasteiger partial charge on any atom is -0.357 e. The van der Waals surface area contributed by atoms with Crippen molar-refractivity contribution < 1.29 is 4.79 Å². The van der Waals surface area contributed by atoms with E-state index in [4.69, 9.17) is 0 Å². The first-order valence-electron chi connectivity index (χ1n) is 11.4. The fourth-order valence-electron chi connectivity index (χ4n) is 5.09. The Morgan fingerprint density at radius 3 is 2.46 bits per heavy atom. The first-order valence-corrected chi connectivity index (χ1v) is 11.4. The zero-order valence-corrected chi connectivity index (χ0v) is 17.1. The summed E-state index contributed by atoms with van der Waals surface area (Å²) in [5, 5.41) is 3.22. The summed E-state index contributed by atoms with van der Waals surface area (Å²) >= 11 is 0. The molecule has 154 valence electrons. The molecule has 1 atom stereocenters. The second-order valence-electron chi connectivity index (χ2n) is 8.74. The largest absolute Gasteiger partial charge is 0.357 e. The molecule has 0 spiro atoms. The lowest BCUT2D eigenvalue weighted by Crippen LogP contribution is -2.51. The van der Waals surface area contributed by atoms with E-state index in [-0.39, 0.29) is 11.9 Å². The number of rotatable bonds is 4. The molecule has 3 heterocycles. The molecule has 0 aromatic carbocycles. The zero-order chi connectivity index (χ0) is 19.2. The number of carbonyl (C=O) groups is 1. The molecule has 1 aliphatic carbocycles. The van der Waals surface area contributed by atoms with Gasteiger partial charge < -0.3 is 10.2 Å². The number of anilines is 1. The standard InChI is InChI=1S/C22H35N5O/c28-22(21-23-13-12-20(25-21)26-14-6-1-2-7-15-26)24-18-9-8-16-27(17-18)19-10-4-3-5-11-19/h12-13,18-19H,1-11,14-17H2,(H,24,28). The molecular weight excluding hydrogens is 350 g/mol. The van der Waals surface area contributed by atoms with E-state index in [1.807, 2.05) is 6.07 Å². The molecule has 6 nitrogen and oxygen atoms in total. The van der Waals surface area contributed by atoms with Crippen LogP contribution in [0.15, 0.2) is 12.3 Å². The number of hydrogen-bond donors (Lipinski definition) is 1. The molecule has 1 aromatic rings. The number of hydrogen-bond acceptors (Lipinski definition) is 5. The SMILES string of the molecule is O=C(NC1CCCN(C2CCCCC2)C1)c1nccc(N2CCCCCC2)n1. The molecule has 3 aliphatic rings. The van der Waals surface area contributed by atoms with Crippen LogP contribution < -0.4 is 10.2 Å². The molecule has 4 rings (SSSR count). The molecule has 1 N–H and O–H groups in total. The monoisotopic (exact) mass is 385 g/mol. The van der Waals surface area contributed by atoms with Gasteiger partial charge >= 0.3 is 0 Å². The Kier molecular flexibility index (Phi) is 6.78. The maximum Gasteiger partial charge on any atom is 0.289 e. The van der Waals surface area contributed by atoms with E-state index in [1.54, 1.807) is 6.20 Å². The van der Waals surface area contributed by atoms with Crippen LogP contribution in [0.4, 0.5) is 5.82 Å². The first kappa shape index (κ1) is 19.6. The third-order valence-electron chi connectivity index (χ3n) is 6.65. The Morgan fingerprint density at radius 1 is 0.929 bits per heavy atom. The predicted octanol–water partition coefficient (Wildman–Crippen LogP) is 3.38. The van der Waals surface area contributed by atoms with Gasteiger partial charge in [-0.05, 0) is 51.1 Å². The van der Waals surface area contributed by atoms with Crippen LogP contribution in [0.1, 0.15) is 81.2 Å². The van der Waals surface area contributed by atoms with Gasteiger partial charge in [0.05, 0.1) is 0 Å². The summed E-state index contributed by atoms with van der Waals surface area (Å²) in [6.45, 7) is 4.20. The summed E-state index contributed by atoms with van der Waals surface area (Å²) in [5.74, 6) is 1.10. The number of amides is 1. The van der Waals surface area contributed by atoms with E-state index < -0.39 is 0 Å². The number of nitrogens with zero attached hydrogens (tertiary/aromatic N) is 4. The van der Waals surface area contributed by atoms with E-state index in [0.717, 1.165) is 44.3 Å². The second-order valence-corrected chi connectivity index (χ2v) is 8.74. The Morgan fingerprint density at radius 2 is 1.68 bits per heavy atom. The van der Waals surface area contributed by atoms with Crippen LogP contribution in [0, 0.1) is 0 Å². The van der Waals surface area contributed by atoms with Crippen LogP contribution in [-0.2, 0) is 0 Å². The maximum absolute atomic E-state index is 12.8. The van der Waals surface area contributed by atoms with Gasteiger partial charge in [-0.3, -0.25) is 9.69 Å². The Labute approximate surface area is 169 Å². The Hall–Kier alpha value is -1.69. The highest BCUT2D eigenvalue weighted by molar-refractivity contribution is 5.91. The van der Waals surface area contributed by atoms with Crippen molar-refractivity contribution in [2.24, 2.45) is 0 Å². The summed E-state index contributed by atoms with van der Waals surface area (Å²) in [6, 6.07) is 2.87. The van der Waals surface area contributed by atoms with Crippen molar-refractivity contribution in [3.63, 3.8) is 0 Å². The highest BCUT2D eigenvalue weighted by Crippen LogP contribution is 2.25. The van der Waals surface area contributed by atoms with E-state index in [1.165, 1.54) is 64.3 Å². The summed E-state index contributed by atoms with van der Waals surface area (Å²) in [4.78, 5) is 26.6. The number of likely N-dealkylation sites (tertiary alicyclic amines) is 1. The number of carbonyl (C=O) groups excluding carboxylic acids is 1. The molecule has 28 heavy (non-hydrogen) atoms. The fraction of sp³-hybridized carbons (Fsp3) is 0.773.